The van der Waals surface area contributed by atoms with Crippen LogP contribution in [0.3, 0.4) is 0 Å². The van der Waals surface area contributed by atoms with Crippen LogP contribution in [0.1, 0.15) is 22.5 Å². The van der Waals surface area contributed by atoms with Crippen LogP contribution >= 0.6 is 11.3 Å². The Labute approximate surface area is 146 Å². The fourth-order valence-electron chi connectivity index (χ4n) is 4.04. The second kappa shape index (κ2) is 6.22. The summed E-state index contributed by atoms with van der Waals surface area (Å²) in [5.41, 5.74) is 7.31. The summed E-state index contributed by atoms with van der Waals surface area (Å²) >= 11 is 1.51. The normalized spacial score (nSPS) is 25.8. The van der Waals surface area contributed by atoms with Gasteiger partial charge in [0, 0.05) is 24.0 Å². The van der Waals surface area contributed by atoms with Crippen LogP contribution in [0.5, 0.6) is 5.75 Å². The van der Waals surface area contributed by atoms with Crippen molar-refractivity contribution >= 4 is 17.2 Å². The number of carbonyl (C=O) groups excluding carboxylic acids is 1. The van der Waals surface area contributed by atoms with E-state index in [4.69, 9.17) is 10.5 Å². The van der Waals surface area contributed by atoms with E-state index in [1.54, 1.807) is 7.11 Å². The van der Waals surface area contributed by atoms with E-state index in [1.165, 1.54) is 11.3 Å². The zero-order valence-corrected chi connectivity index (χ0v) is 14.6. The summed E-state index contributed by atoms with van der Waals surface area (Å²) < 4.78 is 5.48. The summed E-state index contributed by atoms with van der Waals surface area (Å²) in [6.07, 6.45) is 2.24. The quantitative estimate of drug-likeness (QED) is 0.932. The molecule has 3 unspecified atom stereocenters. The lowest BCUT2D eigenvalue weighted by Crippen LogP contribution is -2.33. The van der Waals surface area contributed by atoms with Crippen molar-refractivity contribution in [1.82, 2.24) is 4.90 Å². The van der Waals surface area contributed by atoms with Gasteiger partial charge in [0.1, 0.15) is 10.6 Å². The van der Waals surface area contributed by atoms with Crippen LogP contribution in [0.4, 0.5) is 0 Å². The highest BCUT2D eigenvalue weighted by atomic mass is 32.1. The molecule has 24 heavy (non-hydrogen) atoms. The molecule has 2 aromatic rings. The monoisotopic (exact) mass is 342 g/mol. The molecule has 1 aliphatic carbocycles. The summed E-state index contributed by atoms with van der Waals surface area (Å²) in [4.78, 5) is 16.8. The predicted molar refractivity (Wildman–Crippen MR) is 96.4 cm³/mol. The molecule has 3 atom stereocenters. The molecule has 0 radical (unpaired) electrons. The van der Waals surface area contributed by atoms with Gasteiger partial charge in [-0.25, -0.2) is 0 Å². The summed E-state index contributed by atoms with van der Waals surface area (Å²) in [6.45, 7) is 1.62. The van der Waals surface area contributed by atoms with E-state index in [2.05, 4.69) is 12.1 Å². The minimum atomic E-state index is 0.0839. The number of amides is 1. The van der Waals surface area contributed by atoms with E-state index >= 15 is 0 Å². The van der Waals surface area contributed by atoms with Gasteiger partial charge in [0.2, 0.25) is 0 Å². The smallest absolute Gasteiger partial charge is 0.267 e. The van der Waals surface area contributed by atoms with Gasteiger partial charge in [-0.1, -0.05) is 30.3 Å². The maximum atomic E-state index is 13.0. The fourth-order valence-corrected chi connectivity index (χ4v) is 5.14. The first-order valence-electron chi connectivity index (χ1n) is 8.45. The number of benzene rings is 1. The van der Waals surface area contributed by atoms with Gasteiger partial charge in [0.05, 0.1) is 7.11 Å². The molecule has 4 rings (SSSR count). The first kappa shape index (κ1) is 15.7. The summed E-state index contributed by atoms with van der Waals surface area (Å²) in [5, 5.41) is 0. The Bertz CT molecular complexity index is 743. The van der Waals surface area contributed by atoms with Gasteiger partial charge >= 0.3 is 0 Å². The average molecular weight is 342 g/mol. The number of likely N-dealkylation sites (tertiary alicyclic amines) is 1. The van der Waals surface area contributed by atoms with Gasteiger partial charge in [-0.2, -0.15) is 0 Å². The molecule has 0 bridgehead atoms. The Morgan fingerprint density at radius 1 is 1.25 bits per heavy atom. The maximum Gasteiger partial charge on any atom is 0.267 e. The maximum absolute atomic E-state index is 13.0. The molecule has 1 aromatic heterocycles. The third-order valence-corrected chi connectivity index (χ3v) is 6.52. The van der Waals surface area contributed by atoms with Crippen molar-refractivity contribution in [2.24, 2.45) is 17.6 Å². The van der Waals surface area contributed by atoms with E-state index in [0.29, 0.717) is 22.5 Å². The number of nitrogens with two attached hydrogens (primary N) is 1. The van der Waals surface area contributed by atoms with Crippen molar-refractivity contribution in [2.75, 3.05) is 20.2 Å². The third kappa shape index (κ3) is 2.62. The SMILES string of the molecule is COc1cc(-c2ccccc2)sc1C(=O)N1CC2CCC(N)C2C1. The molecule has 0 spiro atoms. The topological polar surface area (TPSA) is 55.6 Å². The van der Waals surface area contributed by atoms with Crippen molar-refractivity contribution in [3.8, 4) is 16.2 Å². The van der Waals surface area contributed by atoms with Crippen LogP contribution in [0.15, 0.2) is 36.4 Å². The molecule has 126 valence electrons. The van der Waals surface area contributed by atoms with Crippen LogP contribution in [0.2, 0.25) is 0 Å². The number of hydrogen-bond donors (Lipinski definition) is 1. The van der Waals surface area contributed by atoms with E-state index in [1.807, 2.05) is 29.2 Å². The highest BCUT2D eigenvalue weighted by Crippen LogP contribution is 2.41. The Kier molecular flexibility index (Phi) is 4.06. The molecule has 2 N–H and O–H groups in total. The van der Waals surface area contributed by atoms with Gasteiger partial charge in [-0.05, 0) is 36.3 Å². The molecule has 2 aliphatic rings. The molecular formula is C19H22N2O2S. The molecule has 5 heteroatoms. The summed E-state index contributed by atoms with van der Waals surface area (Å²) in [7, 11) is 1.63. The zero-order valence-electron chi connectivity index (χ0n) is 13.8. The van der Waals surface area contributed by atoms with Crippen LogP contribution in [0, 0.1) is 11.8 Å². The number of thiophene rings is 1. The summed E-state index contributed by atoms with van der Waals surface area (Å²) in [5.74, 6) is 1.79. The van der Waals surface area contributed by atoms with E-state index < -0.39 is 0 Å². The fraction of sp³-hybridized carbons (Fsp3) is 0.421. The molecule has 2 fully saturated rings. The highest BCUT2D eigenvalue weighted by Gasteiger charge is 2.43. The zero-order chi connectivity index (χ0) is 16.7. The molecule has 1 aliphatic heterocycles. The van der Waals surface area contributed by atoms with Crippen molar-refractivity contribution in [2.45, 2.75) is 18.9 Å². The summed E-state index contributed by atoms with van der Waals surface area (Å²) in [6, 6.07) is 12.3. The lowest BCUT2D eigenvalue weighted by Gasteiger charge is -2.18. The van der Waals surface area contributed by atoms with Gasteiger partial charge in [-0.3, -0.25) is 4.79 Å². The molecular weight excluding hydrogens is 320 g/mol. The lowest BCUT2D eigenvalue weighted by molar-refractivity contribution is 0.0781. The molecule has 4 nitrogen and oxygen atoms in total. The third-order valence-electron chi connectivity index (χ3n) is 5.37. The Morgan fingerprint density at radius 3 is 2.75 bits per heavy atom. The number of carbonyl (C=O) groups is 1. The van der Waals surface area contributed by atoms with Crippen molar-refractivity contribution in [3.05, 3.63) is 41.3 Å². The van der Waals surface area contributed by atoms with Crippen molar-refractivity contribution in [1.29, 1.82) is 0 Å². The van der Waals surface area contributed by atoms with E-state index in [-0.39, 0.29) is 11.9 Å². The van der Waals surface area contributed by atoms with Crippen LogP contribution in [-0.4, -0.2) is 37.0 Å². The molecule has 1 saturated heterocycles. The number of rotatable bonds is 3. The molecule has 1 saturated carbocycles. The number of hydrogen-bond acceptors (Lipinski definition) is 4. The Balaban J connectivity index is 1.60. The van der Waals surface area contributed by atoms with Gasteiger partial charge in [0.15, 0.2) is 0 Å². The number of nitrogens with zero attached hydrogens (tertiary/aromatic N) is 1. The second-order valence-electron chi connectivity index (χ2n) is 6.75. The van der Waals surface area contributed by atoms with Crippen molar-refractivity contribution < 1.29 is 9.53 Å². The Morgan fingerprint density at radius 2 is 2.04 bits per heavy atom. The largest absolute Gasteiger partial charge is 0.495 e. The first-order chi connectivity index (χ1) is 11.7. The van der Waals surface area contributed by atoms with E-state index in [9.17, 15) is 4.79 Å². The van der Waals surface area contributed by atoms with Gasteiger partial charge in [-0.15, -0.1) is 11.3 Å². The van der Waals surface area contributed by atoms with Crippen LogP contribution < -0.4 is 10.5 Å². The lowest BCUT2D eigenvalue weighted by atomic mass is 9.98. The average Bonchev–Trinajstić information content (AvgIpc) is 3.31. The number of ether oxygens (including phenoxy) is 1. The first-order valence-corrected chi connectivity index (χ1v) is 9.27. The van der Waals surface area contributed by atoms with Gasteiger partial charge < -0.3 is 15.4 Å². The van der Waals surface area contributed by atoms with Crippen LogP contribution in [0.25, 0.3) is 10.4 Å². The van der Waals surface area contributed by atoms with Crippen molar-refractivity contribution in [3.63, 3.8) is 0 Å². The van der Waals surface area contributed by atoms with Crippen LogP contribution in [-0.2, 0) is 0 Å². The van der Waals surface area contributed by atoms with E-state index in [0.717, 1.165) is 36.4 Å². The minimum absolute atomic E-state index is 0.0839. The second-order valence-corrected chi connectivity index (χ2v) is 7.80. The number of fused-ring (bicyclic) bond motifs is 1. The molecule has 1 amide bonds. The molecule has 2 heterocycles. The Hall–Kier alpha value is -1.85. The minimum Gasteiger partial charge on any atom is -0.495 e. The standard InChI is InChI=1S/C19H22N2O2S/c1-23-16-9-17(12-5-3-2-4-6-12)24-18(16)19(22)21-10-13-7-8-15(20)14(13)11-21/h2-6,9,13-15H,7-8,10-11,20H2,1H3. The highest BCUT2D eigenvalue weighted by molar-refractivity contribution is 7.17. The van der Waals surface area contributed by atoms with Gasteiger partial charge in [0.25, 0.3) is 5.91 Å². The molecule has 1 aromatic carbocycles. The number of methoxy groups -OCH3 is 1. The predicted octanol–water partition coefficient (Wildman–Crippen LogP) is 3.23.